The molecule has 0 radical (unpaired) electrons. The first-order chi connectivity index (χ1) is 15.8. The van der Waals surface area contributed by atoms with Crippen molar-refractivity contribution in [1.29, 1.82) is 0 Å². The molecule has 33 heavy (non-hydrogen) atoms. The number of anilines is 1. The maximum absolute atomic E-state index is 13.2. The molecule has 4 rings (SSSR count). The van der Waals surface area contributed by atoms with E-state index < -0.39 is 5.41 Å². The number of rotatable bonds is 7. The number of hydrogen-bond donors (Lipinski definition) is 1. The lowest BCUT2D eigenvalue weighted by Gasteiger charge is -2.26. The van der Waals surface area contributed by atoms with Gasteiger partial charge >= 0.3 is 0 Å². The number of aromatic nitrogens is 1. The molecule has 0 spiro atoms. The number of nitrogens with zero attached hydrogens (tertiary/aromatic N) is 2. The fourth-order valence-electron chi connectivity index (χ4n) is 4.09. The second kappa shape index (κ2) is 9.17. The third kappa shape index (κ3) is 4.53. The lowest BCUT2D eigenvalue weighted by molar-refractivity contribution is -0.131. The van der Waals surface area contributed by atoms with Gasteiger partial charge in [-0.1, -0.05) is 6.07 Å². The van der Waals surface area contributed by atoms with Gasteiger partial charge in [-0.05, 0) is 69.7 Å². The van der Waals surface area contributed by atoms with Crippen LogP contribution in [0.25, 0.3) is 10.9 Å². The van der Waals surface area contributed by atoms with E-state index >= 15 is 0 Å². The van der Waals surface area contributed by atoms with Crippen LogP contribution in [0.15, 0.2) is 48.7 Å². The Bertz CT molecular complexity index is 1180. The standard InChI is InChI=1S/C26H31N3O4/c1-5-28(6-2)24(30)17-29-12-11-18-15-20(8-9-21(18)29)27-25(31)26(3,4)19-7-10-22-23(16-19)33-14-13-32-22/h7-12,15-16H,5-6,13-14,17H2,1-4H3,(H,27,31). The second-order valence-corrected chi connectivity index (χ2v) is 8.72. The monoisotopic (exact) mass is 449 g/mol. The molecule has 1 aliphatic rings. The highest BCUT2D eigenvalue weighted by atomic mass is 16.6. The maximum Gasteiger partial charge on any atom is 0.242 e. The predicted molar refractivity (Wildman–Crippen MR) is 129 cm³/mol. The van der Waals surface area contributed by atoms with Crippen LogP contribution in [-0.4, -0.2) is 47.6 Å². The smallest absolute Gasteiger partial charge is 0.242 e. The zero-order chi connectivity index (χ0) is 23.6. The summed E-state index contributed by atoms with van der Waals surface area (Å²) in [6.45, 7) is 10.5. The summed E-state index contributed by atoms with van der Waals surface area (Å²) in [5.41, 5.74) is 1.75. The summed E-state index contributed by atoms with van der Waals surface area (Å²) < 4.78 is 13.2. The minimum absolute atomic E-state index is 0.0936. The zero-order valence-corrected chi connectivity index (χ0v) is 19.7. The summed E-state index contributed by atoms with van der Waals surface area (Å²) in [6, 6.07) is 13.4. The van der Waals surface area contributed by atoms with Gasteiger partial charge < -0.3 is 24.3 Å². The Morgan fingerprint density at radius 2 is 1.73 bits per heavy atom. The van der Waals surface area contributed by atoms with Crippen molar-refractivity contribution in [3.63, 3.8) is 0 Å². The Kier molecular flexibility index (Phi) is 6.31. The van der Waals surface area contributed by atoms with Crippen molar-refractivity contribution in [2.45, 2.75) is 39.7 Å². The molecule has 1 aromatic heterocycles. The van der Waals surface area contributed by atoms with Gasteiger partial charge in [0.05, 0.1) is 5.41 Å². The number of hydrogen-bond acceptors (Lipinski definition) is 4. The van der Waals surface area contributed by atoms with E-state index in [1.807, 2.05) is 85.8 Å². The Hall–Kier alpha value is -3.48. The van der Waals surface area contributed by atoms with Crippen LogP contribution in [0.5, 0.6) is 11.5 Å². The summed E-state index contributed by atoms with van der Waals surface area (Å²) in [5, 5.41) is 4.01. The summed E-state index contributed by atoms with van der Waals surface area (Å²) in [7, 11) is 0. The average Bonchev–Trinajstić information content (AvgIpc) is 3.21. The van der Waals surface area contributed by atoms with Crippen molar-refractivity contribution >= 4 is 28.4 Å². The molecule has 3 aromatic rings. The molecule has 0 atom stereocenters. The summed E-state index contributed by atoms with van der Waals surface area (Å²) in [6.07, 6.45) is 1.91. The first-order valence-corrected chi connectivity index (χ1v) is 11.4. The fraction of sp³-hybridized carbons (Fsp3) is 0.385. The molecule has 7 nitrogen and oxygen atoms in total. The minimum Gasteiger partial charge on any atom is -0.486 e. The van der Waals surface area contributed by atoms with E-state index in [1.54, 1.807) is 0 Å². The largest absolute Gasteiger partial charge is 0.486 e. The van der Waals surface area contributed by atoms with Crippen LogP contribution in [-0.2, 0) is 21.5 Å². The quantitative estimate of drug-likeness (QED) is 0.587. The Balaban J connectivity index is 1.50. The predicted octanol–water partition coefficient (Wildman–Crippen LogP) is 4.20. The van der Waals surface area contributed by atoms with Crippen LogP contribution in [0.1, 0.15) is 33.3 Å². The molecule has 0 saturated heterocycles. The van der Waals surface area contributed by atoms with Crippen LogP contribution in [0.2, 0.25) is 0 Å². The number of nitrogens with one attached hydrogen (secondary N) is 1. The molecule has 0 saturated carbocycles. The number of amides is 2. The summed E-state index contributed by atoms with van der Waals surface area (Å²) in [5.74, 6) is 1.35. The third-order valence-corrected chi connectivity index (χ3v) is 6.28. The second-order valence-electron chi connectivity index (χ2n) is 8.72. The molecule has 2 heterocycles. The SMILES string of the molecule is CCN(CC)C(=O)Cn1ccc2cc(NC(=O)C(C)(C)c3ccc4c(c3)OCCO4)ccc21. The van der Waals surface area contributed by atoms with Crippen molar-refractivity contribution in [2.75, 3.05) is 31.6 Å². The number of ether oxygens (including phenoxy) is 2. The van der Waals surface area contributed by atoms with Gasteiger partial charge in [0.25, 0.3) is 0 Å². The van der Waals surface area contributed by atoms with Gasteiger partial charge in [0.15, 0.2) is 11.5 Å². The van der Waals surface area contributed by atoms with E-state index in [0.717, 1.165) is 16.5 Å². The highest BCUT2D eigenvalue weighted by Gasteiger charge is 2.31. The van der Waals surface area contributed by atoms with Gasteiger partial charge in [0, 0.05) is 35.9 Å². The molecule has 2 amide bonds. The van der Waals surface area contributed by atoms with E-state index in [1.165, 1.54) is 0 Å². The zero-order valence-electron chi connectivity index (χ0n) is 19.7. The molecule has 7 heteroatoms. The van der Waals surface area contributed by atoms with Gasteiger partial charge in [-0.25, -0.2) is 0 Å². The minimum atomic E-state index is -0.771. The molecule has 0 fully saturated rings. The van der Waals surface area contributed by atoms with Crippen molar-refractivity contribution in [3.05, 3.63) is 54.2 Å². The highest BCUT2D eigenvalue weighted by molar-refractivity contribution is 6.00. The van der Waals surface area contributed by atoms with Crippen LogP contribution < -0.4 is 14.8 Å². The lowest BCUT2D eigenvalue weighted by Crippen LogP contribution is -2.35. The normalized spacial score (nSPS) is 13.1. The van der Waals surface area contributed by atoms with Crippen LogP contribution >= 0.6 is 0 Å². The maximum atomic E-state index is 13.2. The molecule has 1 N–H and O–H groups in total. The number of likely N-dealkylation sites (N-methyl/N-ethyl adjacent to an activating group) is 1. The van der Waals surface area contributed by atoms with Gasteiger partial charge in [-0.3, -0.25) is 9.59 Å². The van der Waals surface area contributed by atoms with Crippen LogP contribution in [0, 0.1) is 0 Å². The lowest BCUT2D eigenvalue weighted by atomic mass is 9.83. The molecule has 2 aromatic carbocycles. The molecule has 0 aliphatic carbocycles. The van der Waals surface area contributed by atoms with E-state index in [-0.39, 0.29) is 11.8 Å². The van der Waals surface area contributed by atoms with Gasteiger partial charge in [0.2, 0.25) is 11.8 Å². The van der Waals surface area contributed by atoms with Crippen LogP contribution in [0.4, 0.5) is 5.69 Å². The summed E-state index contributed by atoms with van der Waals surface area (Å²) >= 11 is 0. The first kappa shape index (κ1) is 22.7. The van der Waals surface area contributed by atoms with E-state index in [2.05, 4.69) is 5.32 Å². The van der Waals surface area contributed by atoms with Gasteiger partial charge in [-0.15, -0.1) is 0 Å². The Morgan fingerprint density at radius 3 is 2.45 bits per heavy atom. The molecule has 0 bridgehead atoms. The van der Waals surface area contributed by atoms with Crippen molar-refractivity contribution in [3.8, 4) is 11.5 Å². The molecule has 174 valence electrons. The summed E-state index contributed by atoms with van der Waals surface area (Å²) in [4.78, 5) is 27.5. The Morgan fingerprint density at radius 1 is 1.00 bits per heavy atom. The topological polar surface area (TPSA) is 72.8 Å². The fourth-order valence-corrected chi connectivity index (χ4v) is 4.09. The third-order valence-electron chi connectivity index (χ3n) is 6.28. The molecule has 0 unspecified atom stereocenters. The van der Waals surface area contributed by atoms with Crippen molar-refractivity contribution in [1.82, 2.24) is 9.47 Å². The first-order valence-electron chi connectivity index (χ1n) is 11.4. The van der Waals surface area contributed by atoms with Gasteiger partial charge in [0.1, 0.15) is 19.8 Å². The number of fused-ring (bicyclic) bond motifs is 2. The molecular formula is C26H31N3O4. The number of carbonyl (C=O) groups excluding carboxylic acids is 2. The number of benzene rings is 2. The van der Waals surface area contributed by atoms with Crippen LogP contribution in [0.3, 0.4) is 0 Å². The number of carbonyl (C=O) groups is 2. The molecule has 1 aliphatic heterocycles. The van der Waals surface area contributed by atoms with E-state index in [4.69, 9.17) is 9.47 Å². The Labute approximate surface area is 194 Å². The molecular weight excluding hydrogens is 418 g/mol. The van der Waals surface area contributed by atoms with E-state index in [0.29, 0.717) is 50.0 Å². The highest BCUT2D eigenvalue weighted by Crippen LogP contribution is 2.36. The van der Waals surface area contributed by atoms with Gasteiger partial charge in [-0.2, -0.15) is 0 Å². The van der Waals surface area contributed by atoms with Crippen molar-refractivity contribution in [2.24, 2.45) is 0 Å². The van der Waals surface area contributed by atoms with Crippen molar-refractivity contribution < 1.29 is 19.1 Å². The van der Waals surface area contributed by atoms with E-state index in [9.17, 15) is 9.59 Å². The average molecular weight is 450 g/mol.